The van der Waals surface area contributed by atoms with Crippen LogP contribution in [0.1, 0.15) is 37.7 Å². The Morgan fingerprint density at radius 2 is 2.00 bits per heavy atom. The SMILES string of the molecule is Cc1cc(F)c(Br)cc1NCC1(O)CCCCC1. The van der Waals surface area contributed by atoms with Crippen LogP contribution in [-0.4, -0.2) is 17.3 Å². The highest BCUT2D eigenvalue weighted by molar-refractivity contribution is 9.10. The van der Waals surface area contributed by atoms with Crippen molar-refractivity contribution in [1.29, 1.82) is 0 Å². The number of aryl methyl sites for hydroxylation is 1. The molecule has 0 bridgehead atoms. The minimum Gasteiger partial charge on any atom is -0.388 e. The number of hydrogen-bond donors (Lipinski definition) is 2. The highest BCUT2D eigenvalue weighted by Gasteiger charge is 2.28. The van der Waals surface area contributed by atoms with E-state index in [0.29, 0.717) is 11.0 Å². The van der Waals surface area contributed by atoms with E-state index in [4.69, 9.17) is 0 Å². The van der Waals surface area contributed by atoms with Crippen molar-refractivity contribution in [3.8, 4) is 0 Å². The van der Waals surface area contributed by atoms with Gasteiger partial charge in [-0.2, -0.15) is 0 Å². The van der Waals surface area contributed by atoms with E-state index in [-0.39, 0.29) is 5.82 Å². The highest BCUT2D eigenvalue weighted by atomic mass is 79.9. The van der Waals surface area contributed by atoms with E-state index in [2.05, 4.69) is 21.2 Å². The molecule has 1 aromatic rings. The van der Waals surface area contributed by atoms with Crippen LogP contribution in [-0.2, 0) is 0 Å². The van der Waals surface area contributed by atoms with Gasteiger partial charge in [0.05, 0.1) is 10.1 Å². The molecule has 0 atom stereocenters. The number of rotatable bonds is 3. The van der Waals surface area contributed by atoms with Crippen LogP contribution in [0, 0.1) is 12.7 Å². The molecule has 1 fully saturated rings. The van der Waals surface area contributed by atoms with Gasteiger partial charge in [0.1, 0.15) is 5.82 Å². The van der Waals surface area contributed by atoms with Gasteiger partial charge in [-0.1, -0.05) is 19.3 Å². The number of benzene rings is 1. The maximum atomic E-state index is 13.3. The second kappa shape index (κ2) is 5.57. The van der Waals surface area contributed by atoms with Gasteiger partial charge >= 0.3 is 0 Å². The zero-order valence-electron chi connectivity index (χ0n) is 10.6. The molecule has 0 unspecified atom stereocenters. The number of hydrogen-bond acceptors (Lipinski definition) is 2. The molecule has 0 aliphatic heterocycles. The molecule has 1 aromatic carbocycles. The lowest BCUT2D eigenvalue weighted by Crippen LogP contribution is -2.38. The standard InChI is InChI=1S/C14H19BrFNO/c1-10-7-12(16)11(15)8-13(10)17-9-14(18)5-3-2-4-6-14/h7-8,17-18H,2-6,9H2,1H3. The maximum Gasteiger partial charge on any atom is 0.137 e. The Balaban J connectivity index is 2.03. The van der Waals surface area contributed by atoms with Crippen LogP contribution < -0.4 is 5.32 Å². The Hall–Kier alpha value is -0.610. The summed E-state index contributed by atoms with van der Waals surface area (Å²) in [5, 5.41) is 13.6. The molecule has 100 valence electrons. The molecule has 2 N–H and O–H groups in total. The molecule has 4 heteroatoms. The van der Waals surface area contributed by atoms with Crippen LogP contribution in [0.3, 0.4) is 0 Å². The largest absolute Gasteiger partial charge is 0.388 e. The minimum absolute atomic E-state index is 0.255. The van der Waals surface area contributed by atoms with Crippen LogP contribution in [0.2, 0.25) is 0 Å². The van der Waals surface area contributed by atoms with Gasteiger partial charge in [-0.15, -0.1) is 0 Å². The molecule has 1 aliphatic carbocycles. The fourth-order valence-corrected chi connectivity index (χ4v) is 2.83. The Labute approximate surface area is 116 Å². The van der Waals surface area contributed by atoms with Crippen molar-refractivity contribution in [3.05, 3.63) is 28.0 Å². The number of aliphatic hydroxyl groups is 1. The number of anilines is 1. The molecule has 2 rings (SSSR count). The lowest BCUT2D eigenvalue weighted by Gasteiger charge is -2.32. The topological polar surface area (TPSA) is 32.3 Å². The Kier molecular flexibility index (Phi) is 4.28. The summed E-state index contributed by atoms with van der Waals surface area (Å²) in [6.45, 7) is 2.40. The Bertz CT molecular complexity index is 430. The van der Waals surface area contributed by atoms with Gasteiger partial charge in [-0.3, -0.25) is 0 Å². The quantitative estimate of drug-likeness (QED) is 0.883. The van der Waals surface area contributed by atoms with Crippen molar-refractivity contribution < 1.29 is 9.50 Å². The van der Waals surface area contributed by atoms with E-state index < -0.39 is 5.60 Å². The first-order valence-corrected chi connectivity index (χ1v) is 7.21. The molecular formula is C14H19BrFNO. The van der Waals surface area contributed by atoms with Gasteiger partial charge in [0.15, 0.2) is 0 Å². The van der Waals surface area contributed by atoms with Crippen molar-refractivity contribution in [2.24, 2.45) is 0 Å². The summed E-state index contributed by atoms with van der Waals surface area (Å²) in [5.74, 6) is -0.255. The van der Waals surface area contributed by atoms with E-state index in [1.54, 1.807) is 6.07 Å². The average Bonchev–Trinajstić information content (AvgIpc) is 2.33. The molecule has 0 heterocycles. The summed E-state index contributed by atoms with van der Waals surface area (Å²) >= 11 is 3.18. The molecule has 1 aliphatic rings. The van der Waals surface area contributed by atoms with Crippen molar-refractivity contribution in [3.63, 3.8) is 0 Å². The fourth-order valence-electron chi connectivity index (χ4n) is 2.48. The van der Waals surface area contributed by atoms with E-state index >= 15 is 0 Å². The van der Waals surface area contributed by atoms with Crippen LogP contribution in [0.15, 0.2) is 16.6 Å². The van der Waals surface area contributed by atoms with E-state index in [1.807, 2.05) is 6.92 Å². The third-order valence-corrected chi connectivity index (χ3v) is 4.27. The van der Waals surface area contributed by atoms with Gasteiger partial charge in [-0.25, -0.2) is 4.39 Å². The van der Waals surface area contributed by atoms with Gasteiger partial charge in [0, 0.05) is 12.2 Å². The monoisotopic (exact) mass is 315 g/mol. The first-order chi connectivity index (χ1) is 8.50. The molecule has 0 aromatic heterocycles. The zero-order chi connectivity index (χ0) is 13.2. The number of nitrogens with one attached hydrogen (secondary N) is 1. The molecule has 0 spiro atoms. The van der Waals surface area contributed by atoms with Gasteiger partial charge in [0.25, 0.3) is 0 Å². The molecule has 0 saturated heterocycles. The first-order valence-electron chi connectivity index (χ1n) is 6.42. The highest BCUT2D eigenvalue weighted by Crippen LogP contribution is 2.30. The third-order valence-electron chi connectivity index (χ3n) is 3.66. The third kappa shape index (κ3) is 3.23. The zero-order valence-corrected chi connectivity index (χ0v) is 12.2. The van der Waals surface area contributed by atoms with Gasteiger partial charge < -0.3 is 10.4 Å². The lowest BCUT2D eigenvalue weighted by molar-refractivity contribution is 0.0167. The predicted octanol–water partition coefficient (Wildman–Crippen LogP) is 4.00. The average molecular weight is 316 g/mol. The molecule has 0 amide bonds. The smallest absolute Gasteiger partial charge is 0.137 e. The predicted molar refractivity (Wildman–Crippen MR) is 75.4 cm³/mol. The van der Waals surface area contributed by atoms with E-state index in [1.165, 1.54) is 12.5 Å². The van der Waals surface area contributed by atoms with Crippen molar-refractivity contribution in [2.45, 2.75) is 44.6 Å². The van der Waals surface area contributed by atoms with Crippen LogP contribution in [0.5, 0.6) is 0 Å². The summed E-state index contributed by atoms with van der Waals surface area (Å²) in [4.78, 5) is 0. The Morgan fingerprint density at radius 1 is 1.33 bits per heavy atom. The summed E-state index contributed by atoms with van der Waals surface area (Å²) in [6, 6.07) is 3.23. The second-order valence-electron chi connectivity index (χ2n) is 5.22. The molecule has 2 nitrogen and oxygen atoms in total. The molecule has 0 radical (unpaired) electrons. The molecule has 1 saturated carbocycles. The number of halogens is 2. The summed E-state index contributed by atoms with van der Waals surface area (Å²) in [6.07, 6.45) is 5.08. The van der Waals surface area contributed by atoms with Crippen LogP contribution in [0.25, 0.3) is 0 Å². The van der Waals surface area contributed by atoms with Crippen LogP contribution in [0.4, 0.5) is 10.1 Å². The van der Waals surface area contributed by atoms with Crippen molar-refractivity contribution in [1.82, 2.24) is 0 Å². The Morgan fingerprint density at radius 3 is 2.67 bits per heavy atom. The van der Waals surface area contributed by atoms with E-state index in [0.717, 1.165) is 36.9 Å². The molecule has 18 heavy (non-hydrogen) atoms. The van der Waals surface area contributed by atoms with Gasteiger partial charge in [-0.05, 0) is 53.4 Å². The molecular weight excluding hydrogens is 297 g/mol. The lowest BCUT2D eigenvalue weighted by atomic mass is 9.85. The maximum absolute atomic E-state index is 13.3. The van der Waals surface area contributed by atoms with Gasteiger partial charge in [0.2, 0.25) is 0 Å². The normalized spacial score (nSPS) is 18.7. The van der Waals surface area contributed by atoms with E-state index in [9.17, 15) is 9.50 Å². The van der Waals surface area contributed by atoms with Crippen molar-refractivity contribution in [2.75, 3.05) is 11.9 Å². The summed E-state index contributed by atoms with van der Waals surface area (Å²) in [5.41, 5.74) is 1.13. The van der Waals surface area contributed by atoms with Crippen molar-refractivity contribution >= 4 is 21.6 Å². The summed E-state index contributed by atoms with van der Waals surface area (Å²) in [7, 11) is 0. The first kappa shape index (κ1) is 13.8. The van der Waals surface area contributed by atoms with Crippen LogP contribution >= 0.6 is 15.9 Å². The summed E-state index contributed by atoms with van der Waals surface area (Å²) < 4.78 is 13.8. The fraction of sp³-hybridized carbons (Fsp3) is 0.571. The minimum atomic E-state index is -0.606. The second-order valence-corrected chi connectivity index (χ2v) is 6.07.